The van der Waals surface area contributed by atoms with E-state index in [-0.39, 0.29) is 23.4 Å². The van der Waals surface area contributed by atoms with Crippen LogP contribution >= 0.6 is 0 Å². The maximum atomic E-state index is 12.5. The second-order valence-electron chi connectivity index (χ2n) is 5.37. The molecule has 0 spiro atoms. The van der Waals surface area contributed by atoms with Crippen molar-refractivity contribution in [1.29, 1.82) is 0 Å². The van der Waals surface area contributed by atoms with Gasteiger partial charge in [-0.2, -0.15) is 0 Å². The summed E-state index contributed by atoms with van der Waals surface area (Å²) < 4.78 is 6.37. The number of aromatic nitrogens is 1. The summed E-state index contributed by atoms with van der Waals surface area (Å²) in [5, 5.41) is 20.0. The van der Waals surface area contributed by atoms with Crippen LogP contribution in [0.1, 0.15) is 17.2 Å². The van der Waals surface area contributed by atoms with Gasteiger partial charge in [0.15, 0.2) is 0 Å². The highest BCUT2D eigenvalue weighted by molar-refractivity contribution is 5.78. The zero-order valence-corrected chi connectivity index (χ0v) is 12.4. The largest absolute Gasteiger partial charge is 0.508 e. The predicted molar refractivity (Wildman–Crippen MR) is 84.5 cm³/mol. The van der Waals surface area contributed by atoms with Crippen molar-refractivity contribution in [3.63, 3.8) is 0 Å². The Morgan fingerprint density at radius 3 is 2.74 bits per heavy atom. The summed E-state index contributed by atoms with van der Waals surface area (Å²) in [5.41, 5.74) is 0.411. The molecule has 0 radical (unpaired) electrons. The molecule has 1 atom stereocenters. The number of benzene rings is 1. The third-order valence-electron chi connectivity index (χ3n) is 3.69. The number of phenolic OH excluding ortho intramolecular Hbond substituents is 1. The van der Waals surface area contributed by atoms with E-state index in [9.17, 15) is 19.8 Å². The molecular weight excluding hydrogens is 298 g/mol. The molecule has 6 nitrogen and oxygen atoms in total. The number of hydrogen-bond donors (Lipinski definition) is 2. The zero-order valence-electron chi connectivity index (χ0n) is 12.4. The van der Waals surface area contributed by atoms with Crippen LogP contribution in [0.15, 0.2) is 56.6 Å². The lowest BCUT2D eigenvalue weighted by atomic mass is 10.1. The van der Waals surface area contributed by atoms with E-state index in [1.165, 1.54) is 35.0 Å². The topological polar surface area (TPSA) is 92.7 Å². The number of pyridine rings is 1. The Labute approximate surface area is 130 Å². The Bertz CT molecular complexity index is 986. The van der Waals surface area contributed by atoms with Crippen LogP contribution in [0.2, 0.25) is 0 Å². The van der Waals surface area contributed by atoms with E-state index in [4.69, 9.17) is 4.42 Å². The second-order valence-corrected chi connectivity index (χ2v) is 5.37. The van der Waals surface area contributed by atoms with Gasteiger partial charge in [0.2, 0.25) is 0 Å². The Hall–Kier alpha value is -2.86. The number of aryl methyl sites for hydroxylation is 1. The molecule has 0 bridgehead atoms. The maximum Gasteiger partial charge on any atom is 0.336 e. The molecule has 3 aromatic rings. The monoisotopic (exact) mass is 313 g/mol. The number of rotatable bonds is 3. The molecule has 0 aliphatic rings. The molecule has 2 aromatic heterocycles. The minimum Gasteiger partial charge on any atom is -0.508 e. The molecule has 2 N–H and O–H groups in total. The van der Waals surface area contributed by atoms with Crippen molar-refractivity contribution in [3.05, 3.63) is 74.5 Å². The number of nitrogens with zero attached hydrogens (tertiary/aromatic N) is 1. The summed E-state index contributed by atoms with van der Waals surface area (Å²) in [6.07, 6.45) is 0.521. The summed E-state index contributed by atoms with van der Waals surface area (Å²) in [6, 6.07) is 9.03. The van der Waals surface area contributed by atoms with Crippen molar-refractivity contribution in [2.75, 3.05) is 0 Å². The molecule has 0 aliphatic carbocycles. The van der Waals surface area contributed by atoms with E-state index in [1.807, 2.05) is 0 Å². The number of aliphatic hydroxyl groups is 1. The van der Waals surface area contributed by atoms with Gasteiger partial charge in [-0.1, -0.05) is 12.1 Å². The first kappa shape index (κ1) is 15.1. The van der Waals surface area contributed by atoms with Gasteiger partial charge in [-0.25, -0.2) is 4.79 Å². The van der Waals surface area contributed by atoms with E-state index in [2.05, 4.69) is 0 Å². The van der Waals surface area contributed by atoms with Gasteiger partial charge in [0, 0.05) is 12.3 Å². The highest BCUT2D eigenvalue weighted by atomic mass is 16.4. The van der Waals surface area contributed by atoms with Gasteiger partial charge < -0.3 is 19.2 Å². The van der Waals surface area contributed by atoms with Crippen LogP contribution in [0.4, 0.5) is 0 Å². The molecule has 2 heterocycles. The highest BCUT2D eigenvalue weighted by Crippen LogP contribution is 2.20. The third kappa shape index (κ3) is 2.89. The summed E-state index contributed by atoms with van der Waals surface area (Å²) in [5.74, 6) is 0.0463. The second kappa shape index (κ2) is 5.73. The fourth-order valence-corrected chi connectivity index (χ4v) is 2.56. The highest BCUT2D eigenvalue weighted by Gasteiger charge is 2.13. The minimum atomic E-state index is -0.951. The van der Waals surface area contributed by atoms with Gasteiger partial charge >= 0.3 is 5.63 Å². The van der Waals surface area contributed by atoms with E-state index in [0.717, 1.165) is 0 Å². The number of aliphatic hydroxyl groups excluding tert-OH is 1. The van der Waals surface area contributed by atoms with E-state index < -0.39 is 11.7 Å². The average Bonchev–Trinajstić information content (AvgIpc) is 2.49. The van der Waals surface area contributed by atoms with Crippen LogP contribution in [0.5, 0.6) is 5.75 Å². The van der Waals surface area contributed by atoms with Crippen LogP contribution in [0.3, 0.4) is 0 Å². The van der Waals surface area contributed by atoms with Crippen LogP contribution < -0.4 is 11.2 Å². The Balaban J connectivity index is 2.02. The molecule has 6 heteroatoms. The lowest BCUT2D eigenvalue weighted by Gasteiger charge is -2.14. The van der Waals surface area contributed by atoms with Crippen LogP contribution in [0, 0.1) is 6.92 Å². The fourth-order valence-electron chi connectivity index (χ4n) is 2.56. The standard InChI is InChI=1S/C17H15NO5/c1-10-7-15(21)23-14-5-6-18(17(22)16(10)14)9-13(20)11-3-2-4-12(19)8-11/h2-8,13,19-20H,9H2,1H3. The first-order valence-electron chi connectivity index (χ1n) is 7.06. The van der Waals surface area contributed by atoms with Crippen molar-refractivity contribution in [2.24, 2.45) is 0 Å². The van der Waals surface area contributed by atoms with Gasteiger partial charge in [-0.05, 0) is 36.2 Å². The van der Waals surface area contributed by atoms with E-state index >= 15 is 0 Å². The van der Waals surface area contributed by atoms with Crippen molar-refractivity contribution in [3.8, 4) is 5.75 Å². The lowest BCUT2D eigenvalue weighted by molar-refractivity contribution is 0.155. The molecule has 1 aromatic carbocycles. The first-order valence-corrected chi connectivity index (χ1v) is 7.06. The molecule has 1 unspecified atom stereocenters. The SMILES string of the molecule is Cc1cc(=O)oc2ccn(CC(O)c3cccc(O)c3)c(=O)c12. The Morgan fingerprint density at radius 2 is 2.00 bits per heavy atom. The lowest BCUT2D eigenvalue weighted by Crippen LogP contribution is -2.24. The summed E-state index contributed by atoms with van der Waals surface area (Å²) in [6.45, 7) is 1.69. The Kier molecular flexibility index (Phi) is 3.75. The van der Waals surface area contributed by atoms with Crippen LogP contribution in [-0.4, -0.2) is 14.8 Å². The van der Waals surface area contributed by atoms with Crippen molar-refractivity contribution in [1.82, 2.24) is 4.57 Å². The first-order chi connectivity index (χ1) is 11.0. The molecule has 0 amide bonds. The summed E-state index contributed by atoms with van der Waals surface area (Å²) in [7, 11) is 0. The van der Waals surface area contributed by atoms with Gasteiger partial charge in [0.25, 0.3) is 5.56 Å². The normalized spacial score (nSPS) is 12.4. The molecule has 3 rings (SSSR count). The summed E-state index contributed by atoms with van der Waals surface area (Å²) in [4.78, 5) is 23.9. The Morgan fingerprint density at radius 1 is 1.22 bits per heavy atom. The quantitative estimate of drug-likeness (QED) is 0.768. The average molecular weight is 313 g/mol. The van der Waals surface area contributed by atoms with Gasteiger partial charge in [-0.3, -0.25) is 4.79 Å². The molecular formula is C17H15NO5. The fraction of sp³-hybridized carbons (Fsp3) is 0.176. The van der Waals surface area contributed by atoms with Gasteiger partial charge in [-0.15, -0.1) is 0 Å². The molecule has 0 saturated heterocycles. The number of phenols is 1. The minimum absolute atomic E-state index is 0.0246. The van der Waals surface area contributed by atoms with Crippen molar-refractivity contribution < 1.29 is 14.6 Å². The summed E-state index contributed by atoms with van der Waals surface area (Å²) >= 11 is 0. The maximum absolute atomic E-state index is 12.5. The van der Waals surface area contributed by atoms with Crippen LogP contribution in [-0.2, 0) is 6.54 Å². The molecule has 23 heavy (non-hydrogen) atoms. The smallest absolute Gasteiger partial charge is 0.336 e. The van der Waals surface area contributed by atoms with Gasteiger partial charge in [0.05, 0.1) is 18.0 Å². The van der Waals surface area contributed by atoms with Crippen molar-refractivity contribution in [2.45, 2.75) is 19.6 Å². The van der Waals surface area contributed by atoms with Crippen molar-refractivity contribution >= 4 is 11.0 Å². The predicted octanol–water partition coefficient (Wildman–Crippen LogP) is 1.70. The molecule has 0 fully saturated rings. The van der Waals surface area contributed by atoms with Crippen LogP contribution in [0.25, 0.3) is 11.0 Å². The zero-order chi connectivity index (χ0) is 16.6. The molecule has 0 saturated carbocycles. The number of fused-ring (bicyclic) bond motifs is 1. The van der Waals surface area contributed by atoms with E-state index in [1.54, 1.807) is 19.1 Å². The molecule has 118 valence electrons. The third-order valence-corrected chi connectivity index (χ3v) is 3.69. The molecule has 0 aliphatic heterocycles. The number of hydrogen-bond acceptors (Lipinski definition) is 5. The van der Waals surface area contributed by atoms with E-state index in [0.29, 0.717) is 16.5 Å². The number of aromatic hydroxyl groups is 1. The van der Waals surface area contributed by atoms with Gasteiger partial charge in [0.1, 0.15) is 11.3 Å².